The molecule has 0 aliphatic rings. The summed E-state index contributed by atoms with van der Waals surface area (Å²) in [4.78, 5) is 7.66. The molecule has 0 atom stereocenters. The van der Waals surface area contributed by atoms with E-state index in [0.717, 1.165) is 21.1 Å². The minimum absolute atomic E-state index is 0.481. The Bertz CT molecular complexity index is 744. The van der Waals surface area contributed by atoms with Crippen molar-refractivity contribution in [1.29, 1.82) is 0 Å². The number of aromatic nitrogens is 2. The SMILES string of the molecule is Clc1cc2nc(-c3ccc(Br)cc3Cl)[nH]c2cc1Cl. The summed E-state index contributed by atoms with van der Waals surface area (Å²) in [5.74, 6) is 0.686. The van der Waals surface area contributed by atoms with Crippen LogP contribution < -0.4 is 0 Å². The predicted molar refractivity (Wildman–Crippen MR) is 84.3 cm³/mol. The number of fused-ring (bicyclic) bond motifs is 1. The molecule has 6 heteroatoms. The van der Waals surface area contributed by atoms with Crippen molar-refractivity contribution in [3.63, 3.8) is 0 Å². The van der Waals surface area contributed by atoms with E-state index in [2.05, 4.69) is 25.9 Å². The van der Waals surface area contributed by atoms with Gasteiger partial charge in [-0.25, -0.2) is 4.98 Å². The highest BCUT2D eigenvalue weighted by atomic mass is 79.9. The molecule has 1 heterocycles. The topological polar surface area (TPSA) is 28.7 Å². The minimum atomic E-state index is 0.481. The average Bonchev–Trinajstić information content (AvgIpc) is 2.72. The highest BCUT2D eigenvalue weighted by Crippen LogP contribution is 2.32. The lowest BCUT2D eigenvalue weighted by Gasteiger charge is -2.00. The Morgan fingerprint density at radius 3 is 2.42 bits per heavy atom. The number of halogens is 4. The highest BCUT2D eigenvalue weighted by molar-refractivity contribution is 9.10. The van der Waals surface area contributed by atoms with E-state index in [1.54, 1.807) is 12.1 Å². The monoisotopic (exact) mass is 374 g/mol. The zero-order valence-corrected chi connectivity index (χ0v) is 13.2. The molecule has 0 unspecified atom stereocenters. The standard InChI is InChI=1S/C13H6BrCl3N2/c14-6-1-2-7(8(15)3-6)13-18-11-4-9(16)10(17)5-12(11)19-13/h1-5H,(H,18,19). The van der Waals surface area contributed by atoms with Crippen molar-refractivity contribution in [3.05, 3.63) is 49.9 Å². The van der Waals surface area contributed by atoms with E-state index < -0.39 is 0 Å². The zero-order valence-electron chi connectivity index (χ0n) is 9.35. The Morgan fingerprint density at radius 1 is 0.947 bits per heavy atom. The minimum Gasteiger partial charge on any atom is -0.338 e. The van der Waals surface area contributed by atoms with Gasteiger partial charge in [-0.3, -0.25) is 0 Å². The number of hydrogen-bond acceptors (Lipinski definition) is 1. The van der Waals surface area contributed by atoms with Crippen LogP contribution in [0.4, 0.5) is 0 Å². The van der Waals surface area contributed by atoms with Crippen molar-refractivity contribution in [2.75, 3.05) is 0 Å². The van der Waals surface area contributed by atoms with Gasteiger partial charge >= 0.3 is 0 Å². The second-order valence-corrected chi connectivity index (χ2v) is 6.13. The number of imidazole rings is 1. The van der Waals surface area contributed by atoms with Gasteiger partial charge in [0.05, 0.1) is 26.1 Å². The van der Waals surface area contributed by atoms with E-state index in [1.807, 2.05) is 18.2 Å². The molecule has 2 aromatic carbocycles. The molecule has 0 amide bonds. The Hall–Kier alpha value is -0.740. The molecule has 19 heavy (non-hydrogen) atoms. The molecule has 0 bridgehead atoms. The Labute approximate surface area is 132 Å². The molecule has 2 nitrogen and oxygen atoms in total. The van der Waals surface area contributed by atoms with Crippen LogP contribution in [0.25, 0.3) is 22.4 Å². The lowest BCUT2D eigenvalue weighted by Crippen LogP contribution is -1.81. The third kappa shape index (κ3) is 2.48. The van der Waals surface area contributed by atoms with Gasteiger partial charge < -0.3 is 4.98 Å². The Balaban J connectivity index is 2.20. The summed E-state index contributed by atoms with van der Waals surface area (Å²) < 4.78 is 0.920. The highest BCUT2D eigenvalue weighted by Gasteiger charge is 2.11. The fourth-order valence-electron chi connectivity index (χ4n) is 1.81. The number of aromatic amines is 1. The van der Waals surface area contributed by atoms with Gasteiger partial charge in [-0.1, -0.05) is 50.7 Å². The van der Waals surface area contributed by atoms with Crippen LogP contribution in [0.3, 0.4) is 0 Å². The first-order valence-corrected chi connectivity index (χ1v) is 7.27. The first-order chi connectivity index (χ1) is 9.04. The first kappa shape index (κ1) is 13.3. The Kier molecular flexibility index (Phi) is 3.48. The number of hydrogen-bond donors (Lipinski definition) is 1. The van der Waals surface area contributed by atoms with Gasteiger partial charge in [0, 0.05) is 10.0 Å². The fourth-order valence-corrected chi connectivity index (χ4v) is 2.90. The zero-order chi connectivity index (χ0) is 13.6. The summed E-state index contributed by atoms with van der Waals surface area (Å²) in [6.07, 6.45) is 0. The van der Waals surface area contributed by atoms with E-state index in [9.17, 15) is 0 Å². The van der Waals surface area contributed by atoms with E-state index in [0.29, 0.717) is 20.9 Å². The van der Waals surface area contributed by atoms with Gasteiger partial charge in [-0.15, -0.1) is 0 Å². The maximum Gasteiger partial charge on any atom is 0.140 e. The van der Waals surface area contributed by atoms with Crippen LogP contribution >= 0.6 is 50.7 Å². The van der Waals surface area contributed by atoms with Crippen LogP contribution in [0.2, 0.25) is 15.1 Å². The molecule has 0 spiro atoms. The third-order valence-electron chi connectivity index (χ3n) is 2.71. The molecular formula is C13H6BrCl3N2. The summed E-state index contributed by atoms with van der Waals surface area (Å²) >= 11 is 21.5. The van der Waals surface area contributed by atoms with Gasteiger partial charge in [-0.05, 0) is 30.3 Å². The molecule has 0 saturated heterocycles. The van der Waals surface area contributed by atoms with Crippen LogP contribution in [0.1, 0.15) is 0 Å². The second-order valence-electron chi connectivity index (χ2n) is 3.99. The molecule has 1 N–H and O–H groups in total. The molecular weight excluding hydrogens is 370 g/mol. The van der Waals surface area contributed by atoms with Crippen LogP contribution in [-0.4, -0.2) is 9.97 Å². The Morgan fingerprint density at radius 2 is 1.68 bits per heavy atom. The van der Waals surface area contributed by atoms with Crippen molar-refractivity contribution < 1.29 is 0 Å². The molecule has 1 aromatic heterocycles. The van der Waals surface area contributed by atoms with Crippen molar-refractivity contribution >= 4 is 61.8 Å². The number of nitrogens with one attached hydrogen (secondary N) is 1. The van der Waals surface area contributed by atoms with Gasteiger partial charge in [0.2, 0.25) is 0 Å². The van der Waals surface area contributed by atoms with Crippen LogP contribution in [0, 0.1) is 0 Å². The summed E-state index contributed by atoms with van der Waals surface area (Å²) in [6, 6.07) is 9.11. The second kappa shape index (κ2) is 4.98. The van der Waals surface area contributed by atoms with Crippen molar-refractivity contribution in [2.24, 2.45) is 0 Å². The van der Waals surface area contributed by atoms with Crippen LogP contribution in [0.15, 0.2) is 34.8 Å². The summed E-state index contributed by atoms with van der Waals surface area (Å²) in [5, 5.41) is 1.59. The van der Waals surface area contributed by atoms with Gasteiger partial charge in [0.15, 0.2) is 0 Å². The summed E-state index contributed by atoms with van der Waals surface area (Å²) in [7, 11) is 0. The van der Waals surface area contributed by atoms with Gasteiger partial charge in [0.25, 0.3) is 0 Å². The normalized spacial score (nSPS) is 11.2. The lowest BCUT2D eigenvalue weighted by molar-refractivity contribution is 1.33. The summed E-state index contributed by atoms with van der Waals surface area (Å²) in [6.45, 7) is 0. The predicted octanol–water partition coefficient (Wildman–Crippen LogP) is 5.95. The van der Waals surface area contributed by atoms with Gasteiger partial charge in [-0.2, -0.15) is 0 Å². The van der Waals surface area contributed by atoms with E-state index in [-0.39, 0.29) is 0 Å². The van der Waals surface area contributed by atoms with E-state index in [4.69, 9.17) is 34.8 Å². The van der Waals surface area contributed by atoms with E-state index in [1.165, 1.54) is 0 Å². The van der Waals surface area contributed by atoms with Crippen molar-refractivity contribution in [3.8, 4) is 11.4 Å². The van der Waals surface area contributed by atoms with Crippen molar-refractivity contribution in [1.82, 2.24) is 9.97 Å². The average molecular weight is 376 g/mol. The molecule has 0 aliphatic carbocycles. The van der Waals surface area contributed by atoms with Crippen molar-refractivity contribution in [2.45, 2.75) is 0 Å². The summed E-state index contributed by atoms with van der Waals surface area (Å²) in [5.41, 5.74) is 2.40. The van der Waals surface area contributed by atoms with E-state index >= 15 is 0 Å². The molecule has 3 rings (SSSR count). The third-order valence-corrected chi connectivity index (χ3v) is 4.24. The number of benzene rings is 2. The molecule has 0 saturated carbocycles. The maximum atomic E-state index is 6.21. The molecule has 0 fully saturated rings. The molecule has 3 aromatic rings. The van der Waals surface area contributed by atoms with Crippen LogP contribution in [0.5, 0.6) is 0 Å². The quantitative estimate of drug-likeness (QED) is 0.558. The maximum absolute atomic E-state index is 6.21. The largest absolute Gasteiger partial charge is 0.338 e. The molecule has 96 valence electrons. The number of rotatable bonds is 1. The first-order valence-electron chi connectivity index (χ1n) is 5.35. The number of H-pyrrole nitrogens is 1. The number of nitrogens with zero attached hydrogens (tertiary/aromatic N) is 1. The van der Waals surface area contributed by atoms with Crippen LogP contribution in [-0.2, 0) is 0 Å². The smallest absolute Gasteiger partial charge is 0.140 e. The molecule has 0 aliphatic heterocycles. The molecule has 0 radical (unpaired) electrons. The lowest BCUT2D eigenvalue weighted by atomic mass is 10.2. The van der Waals surface area contributed by atoms with Gasteiger partial charge in [0.1, 0.15) is 5.82 Å². The fraction of sp³-hybridized carbons (Fsp3) is 0.